The summed E-state index contributed by atoms with van der Waals surface area (Å²) in [7, 11) is 1.58. The van der Waals surface area contributed by atoms with Crippen LogP contribution in [0.4, 0.5) is 0 Å². The molecule has 0 unspecified atom stereocenters. The lowest BCUT2D eigenvalue weighted by Gasteiger charge is -2.09. The van der Waals surface area contributed by atoms with E-state index in [1.54, 1.807) is 25.5 Å². The lowest BCUT2D eigenvalue weighted by Crippen LogP contribution is -2.23. The fourth-order valence-corrected chi connectivity index (χ4v) is 2.43. The Morgan fingerprint density at radius 2 is 2.12 bits per heavy atom. The van der Waals surface area contributed by atoms with Gasteiger partial charge in [-0.1, -0.05) is 17.3 Å². The van der Waals surface area contributed by atoms with Gasteiger partial charge in [-0.05, 0) is 42.8 Å². The van der Waals surface area contributed by atoms with E-state index in [4.69, 9.17) is 9.47 Å². The van der Waals surface area contributed by atoms with Crippen LogP contribution in [0.3, 0.4) is 0 Å². The van der Waals surface area contributed by atoms with Crippen molar-refractivity contribution in [1.82, 2.24) is 20.4 Å². The van der Waals surface area contributed by atoms with Crippen LogP contribution in [-0.4, -0.2) is 40.8 Å². The molecular formula is C18H19N5O3. The summed E-state index contributed by atoms with van der Waals surface area (Å²) in [5.41, 5.74) is 4.80. The first kappa shape index (κ1) is 17.4. The molecule has 3 aromatic rings. The first-order chi connectivity index (χ1) is 12.7. The van der Waals surface area contributed by atoms with Gasteiger partial charge in [-0.15, -0.1) is 5.10 Å². The van der Waals surface area contributed by atoms with E-state index in [1.165, 1.54) is 4.68 Å². The van der Waals surface area contributed by atoms with Gasteiger partial charge in [-0.25, -0.2) is 10.1 Å². The Balaban J connectivity index is 1.63. The molecule has 1 heterocycles. The summed E-state index contributed by atoms with van der Waals surface area (Å²) in [6.07, 6.45) is 1.54. The smallest absolute Gasteiger partial charge is 0.261 e. The lowest BCUT2D eigenvalue weighted by atomic mass is 10.2. The predicted molar refractivity (Wildman–Crippen MR) is 97.4 cm³/mol. The molecule has 0 aliphatic rings. The average Bonchev–Trinajstić information content (AvgIpc) is 3.05. The van der Waals surface area contributed by atoms with Crippen LogP contribution in [0.2, 0.25) is 0 Å². The molecule has 26 heavy (non-hydrogen) atoms. The van der Waals surface area contributed by atoms with Crippen molar-refractivity contribution in [2.45, 2.75) is 13.5 Å². The standard InChI is InChI=1S/C18H19N5O3/c1-3-26-17-10-13(8-9-16(17)25-2)11-19-21-18(24)12-23-15-7-5-4-6-14(15)20-22-23/h4-11H,3,12H2,1-2H3,(H,21,24)/b19-11-. The summed E-state index contributed by atoms with van der Waals surface area (Å²) in [6.45, 7) is 2.46. The van der Waals surface area contributed by atoms with Gasteiger partial charge >= 0.3 is 0 Å². The third kappa shape index (κ3) is 3.97. The number of fused-ring (bicyclic) bond motifs is 1. The summed E-state index contributed by atoms with van der Waals surface area (Å²) >= 11 is 0. The Labute approximate surface area is 150 Å². The Bertz CT molecular complexity index is 935. The van der Waals surface area contributed by atoms with Crippen molar-refractivity contribution in [3.05, 3.63) is 48.0 Å². The Hall–Kier alpha value is -3.42. The van der Waals surface area contributed by atoms with E-state index in [0.29, 0.717) is 18.1 Å². The maximum atomic E-state index is 12.1. The summed E-state index contributed by atoms with van der Waals surface area (Å²) in [4.78, 5) is 12.1. The molecule has 0 aliphatic heterocycles. The average molecular weight is 353 g/mol. The SMILES string of the molecule is CCOc1cc(/C=N\NC(=O)Cn2nnc3ccccc32)ccc1OC. The number of hydrogen-bond donors (Lipinski definition) is 1. The van der Waals surface area contributed by atoms with Crippen LogP contribution in [0.5, 0.6) is 11.5 Å². The number of carbonyl (C=O) groups is 1. The molecule has 2 aromatic carbocycles. The number of nitrogens with zero attached hydrogens (tertiary/aromatic N) is 4. The van der Waals surface area contributed by atoms with Crippen molar-refractivity contribution < 1.29 is 14.3 Å². The molecule has 1 aromatic heterocycles. The molecule has 8 heteroatoms. The van der Waals surface area contributed by atoms with E-state index in [1.807, 2.05) is 37.3 Å². The Morgan fingerprint density at radius 3 is 2.92 bits per heavy atom. The topological polar surface area (TPSA) is 90.6 Å². The molecule has 1 N–H and O–H groups in total. The second kappa shape index (κ2) is 8.11. The quantitative estimate of drug-likeness (QED) is 0.518. The molecule has 0 saturated carbocycles. The number of aromatic nitrogens is 3. The molecule has 0 bridgehead atoms. The van der Waals surface area contributed by atoms with Gasteiger partial charge in [0.1, 0.15) is 12.1 Å². The molecule has 1 amide bonds. The maximum Gasteiger partial charge on any atom is 0.261 e. The number of hydrogen-bond acceptors (Lipinski definition) is 6. The zero-order valence-electron chi connectivity index (χ0n) is 14.5. The normalized spacial score (nSPS) is 11.0. The van der Waals surface area contributed by atoms with Gasteiger partial charge in [0.25, 0.3) is 5.91 Å². The lowest BCUT2D eigenvalue weighted by molar-refractivity contribution is -0.121. The van der Waals surface area contributed by atoms with Crippen LogP contribution in [0.25, 0.3) is 11.0 Å². The van der Waals surface area contributed by atoms with Crippen LogP contribution < -0.4 is 14.9 Å². The van der Waals surface area contributed by atoms with Gasteiger partial charge in [-0.3, -0.25) is 4.79 Å². The van der Waals surface area contributed by atoms with E-state index in [9.17, 15) is 4.79 Å². The largest absolute Gasteiger partial charge is 0.493 e. The number of benzene rings is 2. The highest BCUT2D eigenvalue weighted by Crippen LogP contribution is 2.27. The fraction of sp³-hybridized carbons (Fsp3) is 0.222. The molecule has 0 saturated heterocycles. The molecule has 134 valence electrons. The minimum absolute atomic E-state index is 0.0324. The van der Waals surface area contributed by atoms with Crippen molar-refractivity contribution >= 4 is 23.2 Å². The van der Waals surface area contributed by atoms with Gasteiger partial charge in [0.05, 0.1) is 25.4 Å². The molecule has 3 rings (SSSR count). The second-order valence-corrected chi connectivity index (χ2v) is 5.37. The van der Waals surface area contributed by atoms with Crippen molar-refractivity contribution in [2.24, 2.45) is 5.10 Å². The van der Waals surface area contributed by atoms with Gasteiger partial charge in [0.15, 0.2) is 11.5 Å². The van der Waals surface area contributed by atoms with Crippen LogP contribution in [-0.2, 0) is 11.3 Å². The second-order valence-electron chi connectivity index (χ2n) is 5.37. The van der Waals surface area contributed by atoms with Gasteiger partial charge in [-0.2, -0.15) is 5.10 Å². The number of rotatable bonds is 7. The summed E-state index contributed by atoms with van der Waals surface area (Å²) in [5.74, 6) is 0.973. The van der Waals surface area contributed by atoms with E-state index < -0.39 is 0 Å². The first-order valence-electron chi connectivity index (χ1n) is 8.12. The minimum Gasteiger partial charge on any atom is -0.493 e. The zero-order valence-corrected chi connectivity index (χ0v) is 14.5. The Kier molecular flexibility index (Phi) is 5.43. The van der Waals surface area contributed by atoms with Crippen LogP contribution in [0.1, 0.15) is 12.5 Å². The first-order valence-corrected chi connectivity index (χ1v) is 8.12. The molecule has 0 fully saturated rings. The molecule has 8 nitrogen and oxygen atoms in total. The monoisotopic (exact) mass is 353 g/mol. The summed E-state index contributed by atoms with van der Waals surface area (Å²) in [5, 5.41) is 12.0. The third-order valence-electron chi connectivity index (χ3n) is 3.60. The Morgan fingerprint density at radius 1 is 1.27 bits per heavy atom. The third-order valence-corrected chi connectivity index (χ3v) is 3.60. The summed E-state index contributed by atoms with van der Waals surface area (Å²) in [6, 6.07) is 12.8. The highest BCUT2D eigenvalue weighted by atomic mass is 16.5. The molecule has 0 aliphatic carbocycles. The number of ether oxygens (including phenoxy) is 2. The summed E-state index contributed by atoms with van der Waals surface area (Å²) < 4.78 is 12.3. The van der Waals surface area contributed by atoms with E-state index in [-0.39, 0.29) is 12.5 Å². The number of para-hydroxylation sites is 1. The van der Waals surface area contributed by atoms with Gasteiger partial charge in [0, 0.05) is 0 Å². The number of methoxy groups -OCH3 is 1. The molecule has 0 spiro atoms. The van der Waals surface area contributed by atoms with E-state index in [0.717, 1.165) is 16.6 Å². The molecular weight excluding hydrogens is 334 g/mol. The maximum absolute atomic E-state index is 12.1. The van der Waals surface area contributed by atoms with E-state index >= 15 is 0 Å². The molecule has 0 radical (unpaired) electrons. The van der Waals surface area contributed by atoms with Crippen LogP contribution in [0.15, 0.2) is 47.6 Å². The highest BCUT2D eigenvalue weighted by Gasteiger charge is 2.08. The zero-order chi connectivity index (χ0) is 18.4. The van der Waals surface area contributed by atoms with Crippen molar-refractivity contribution in [2.75, 3.05) is 13.7 Å². The number of carbonyl (C=O) groups excluding carboxylic acids is 1. The minimum atomic E-state index is -0.296. The predicted octanol–water partition coefficient (Wildman–Crippen LogP) is 1.99. The van der Waals surface area contributed by atoms with Crippen molar-refractivity contribution in [1.29, 1.82) is 0 Å². The number of nitrogens with one attached hydrogen (secondary N) is 1. The van der Waals surface area contributed by atoms with Crippen LogP contribution >= 0.6 is 0 Å². The number of amides is 1. The van der Waals surface area contributed by atoms with Crippen molar-refractivity contribution in [3.8, 4) is 11.5 Å². The molecule has 0 atom stereocenters. The van der Waals surface area contributed by atoms with Gasteiger partial charge in [0.2, 0.25) is 0 Å². The highest BCUT2D eigenvalue weighted by molar-refractivity contribution is 5.84. The van der Waals surface area contributed by atoms with Gasteiger partial charge < -0.3 is 9.47 Å². The fourth-order valence-electron chi connectivity index (χ4n) is 2.43. The number of hydrazone groups is 1. The van der Waals surface area contributed by atoms with E-state index in [2.05, 4.69) is 20.8 Å². The van der Waals surface area contributed by atoms with Crippen molar-refractivity contribution in [3.63, 3.8) is 0 Å². The van der Waals surface area contributed by atoms with Crippen LogP contribution in [0, 0.1) is 0 Å².